The molecule has 2 heteroatoms. The van der Waals surface area contributed by atoms with Crippen LogP contribution < -0.4 is 0 Å². The van der Waals surface area contributed by atoms with Crippen LogP contribution in [0.5, 0.6) is 0 Å². The SMILES string of the molecule is CCCC[C@]1(CO)C=CC[C@H](OC)C1. The molecule has 0 aromatic rings. The van der Waals surface area contributed by atoms with Gasteiger partial charge in [0.2, 0.25) is 0 Å². The molecule has 1 N–H and O–H groups in total. The number of hydrogen-bond acceptors (Lipinski definition) is 2. The smallest absolute Gasteiger partial charge is 0.0614 e. The van der Waals surface area contributed by atoms with Crippen LogP contribution in [0.3, 0.4) is 0 Å². The van der Waals surface area contributed by atoms with Crippen molar-refractivity contribution < 1.29 is 9.84 Å². The summed E-state index contributed by atoms with van der Waals surface area (Å²) >= 11 is 0. The quantitative estimate of drug-likeness (QED) is 0.688. The molecule has 2 atom stereocenters. The van der Waals surface area contributed by atoms with E-state index < -0.39 is 0 Å². The normalized spacial score (nSPS) is 32.1. The van der Waals surface area contributed by atoms with Gasteiger partial charge in [-0.15, -0.1) is 0 Å². The van der Waals surface area contributed by atoms with Crippen LogP contribution in [0.25, 0.3) is 0 Å². The van der Waals surface area contributed by atoms with Crippen molar-refractivity contribution >= 4 is 0 Å². The highest BCUT2D eigenvalue weighted by Crippen LogP contribution is 2.36. The summed E-state index contributed by atoms with van der Waals surface area (Å²) in [5, 5.41) is 9.47. The van der Waals surface area contributed by atoms with Crippen LogP contribution >= 0.6 is 0 Å². The van der Waals surface area contributed by atoms with Crippen LogP contribution in [0.15, 0.2) is 12.2 Å². The highest BCUT2D eigenvalue weighted by Gasteiger charge is 2.31. The molecule has 82 valence electrons. The molecule has 0 fully saturated rings. The summed E-state index contributed by atoms with van der Waals surface area (Å²) in [6.45, 7) is 2.44. The molecule has 1 aliphatic carbocycles. The monoisotopic (exact) mass is 198 g/mol. The Hall–Kier alpha value is -0.340. The lowest BCUT2D eigenvalue weighted by Gasteiger charge is -2.35. The maximum Gasteiger partial charge on any atom is 0.0614 e. The molecule has 14 heavy (non-hydrogen) atoms. The van der Waals surface area contributed by atoms with Crippen LogP contribution in [0.1, 0.15) is 39.0 Å². The van der Waals surface area contributed by atoms with Gasteiger partial charge in [0.05, 0.1) is 12.7 Å². The Morgan fingerprint density at radius 1 is 1.57 bits per heavy atom. The number of unbranched alkanes of at least 4 members (excludes halogenated alkanes) is 1. The Balaban J connectivity index is 2.58. The van der Waals surface area contributed by atoms with Gasteiger partial charge in [0.15, 0.2) is 0 Å². The molecule has 0 heterocycles. The zero-order chi connectivity index (χ0) is 10.4. The minimum atomic E-state index is -0.00502. The Bertz CT molecular complexity index is 189. The summed E-state index contributed by atoms with van der Waals surface area (Å²) in [7, 11) is 1.76. The average molecular weight is 198 g/mol. The van der Waals surface area contributed by atoms with Gasteiger partial charge in [0.1, 0.15) is 0 Å². The van der Waals surface area contributed by atoms with E-state index in [0.717, 1.165) is 19.3 Å². The number of aliphatic hydroxyl groups excluding tert-OH is 1. The van der Waals surface area contributed by atoms with E-state index in [0.29, 0.717) is 6.10 Å². The molecule has 0 radical (unpaired) electrons. The van der Waals surface area contributed by atoms with E-state index in [4.69, 9.17) is 4.74 Å². The number of hydrogen-bond donors (Lipinski definition) is 1. The largest absolute Gasteiger partial charge is 0.395 e. The summed E-state index contributed by atoms with van der Waals surface area (Å²) in [5.74, 6) is 0. The van der Waals surface area contributed by atoms with Crippen LogP contribution in [0, 0.1) is 5.41 Å². The van der Waals surface area contributed by atoms with Crippen LogP contribution in [-0.4, -0.2) is 24.9 Å². The molecule has 2 nitrogen and oxygen atoms in total. The molecule has 0 saturated heterocycles. The number of methoxy groups -OCH3 is 1. The van der Waals surface area contributed by atoms with Crippen molar-refractivity contribution in [1.29, 1.82) is 0 Å². The topological polar surface area (TPSA) is 29.5 Å². The fraction of sp³-hybridized carbons (Fsp3) is 0.833. The van der Waals surface area contributed by atoms with Crippen LogP contribution in [0.2, 0.25) is 0 Å². The Morgan fingerprint density at radius 2 is 2.36 bits per heavy atom. The summed E-state index contributed by atoms with van der Waals surface area (Å²) in [4.78, 5) is 0. The van der Waals surface area contributed by atoms with Crippen molar-refractivity contribution in [2.75, 3.05) is 13.7 Å². The molecular formula is C12H22O2. The summed E-state index contributed by atoms with van der Waals surface area (Å²) in [6.07, 6.45) is 10.1. The lowest BCUT2D eigenvalue weighted by atomic mass is 9.75. The summed E-state index contributed by atoms with van der Waals surface area (Å²) < 4.78 is 5.37. The van der Waals surface area contributed by atoms with E-state index in [-0.39, 0.29) is 12.0 Å². The van der Waals surface area contributed by atoms with Crippen molar-refractivity contribution in [3.05, 3.63) is 12.2 Å². The van der Waals surface area contributed by atoms with Crippen molar-refractivity contribution in [3.8, 4) is 0 Å². The lowest BCUT2D eigenvalue weighted by Crippen LogP contribution is -2.32. The molecule has 0 aromatic heterocycles. The minimum Gasteiger partial charge on any atom is -0.395 e. The molecule has 0 saturated carbocycles. The molecule has 1 rings (SSSR count). The zero-order valence-electron chi connectivity index (χ0n) is 9.33. The summed E-state index contributed by atoms with van der Waals surface area (Å²) in [6, 6.07) is 0. The first-order chi connectivity index (χ1) is 6.76. The van der Waals surface area contributed by atoms with Gasteiger partial charge in [-0.3, -0.25) is 0 Å². The van der Waals surface area contributed by atoms with E-state index in [9.17, 15) is 5.11 Å². The lowest BCUT2D eigenvalue weighted by molar-refractivity contribution is 0.0331. The molecule has 0 bridgehead atoms. The second kappa shape index (κ2) is 5.52. The molecule has 0 aromatic carbocycles. The molecule has 0 amide bonds. The molecule has 0 aliphatic heterocycles. The number of aliphatic hydroxyl groups is 1. The molecule has 0 unspecified atom stereocenters. The third-order valence-electron chi connectivity index (χ3n) is 3.18. The first kappa shape index (κ1) is 11.7. The maximum absolute atomic E-state index is 9.47. The van der Waals surface area contributed by atoms with E-state index in [2.05, 4.69) is 19.1 Å². The fourth-order valence-corrected chi connectivity index (χ4v) is 2.16. The maximum atomic E-state index is 9.47. The Kier molecular flexibility index (Phi) is 4.63. The van der Waals surface area contributed by atoms with E-state index in [1.165, 1.54) is 12.8 Å². The third kappa shape index (κ3) is 2.82. The van der Waals surface area contributed by atoms with Crippen LogP contribution in [-0.2, 0) is 4.74 Å². The van der Waals surface area contributed by atoms with Gasteiger partial charge in [0.25, 0.3) is 0 Å². The zero-order valence-corrected chi connectivity index (χ0v) is 9.33. The van der Waals surface area contributed by atoms with Gasteiger partial charge in [-0.2, -0.15) is 0 Å². The van der Waals surface area contributed by atoms with Crippen molar-refractivity contribution in [1.82, 2.24) is 0 Å². The van der Waals surface area contributed by atoms with Gasteiger partial charge in [-0.05, 0) is 19.3 Å². The van der Waals surface area contributed by atoms with Gasteiger partial charge in [0, 0.05) is 12.5 Å². The van der Waals surface area contributed by atoms with E-state index in [1.807, 2.05) is 0 Å². The van der Waals surface area contributed by atoms with Gasteiger partial charge in [-0.1, -0.05) is 31.9 Å². The van der Waals surface area contributed by atoms with Gasteiger partial charge >= 0.3 is 0 Å². The van der Waals surface area contributed by atoms with Crippen LogP contribution in [0.4, 0.5) is 0 Å². The Morgan fingerprint density at radius 3 is 2.93 bits per heavy atom. The first-order valence-corrected chi connectivity index (χ1v) is 5.57. The summed E-state index contributed by atoms with van der Waals surface area (Å²) in [5.41, 5.74) is -0.00502. The first-order valence-electron chi connectivity index (χ1n) is 5.57. The number of ether oxygens (including phenoxy) is 1. The fourth-order valence-electron chi connectivity index (χ4n) is 2.16. The second-order valence-corrected chi connectivity index (χ2v) is 4.32. The highest BCUT2D eigenvalue weighted by molar-refractivity contribution is 5.06. The highest BCUT2D eigenvalue weighted by atomic mass is 16.5. The van der Waals surface area contributed by atoms with Crippen molar-refractivity contribution in [2.45, 2.75) is 45.1 Å². The standard InChI is InChI=1S/C12H22O2/c1-3-4-7-12(10-13)8-5-6-11(9-12)14-2/h5,8,11,13H,3-4,6-7,9-10H2,1-2H3/t11-,12-/m0/s1. The molecular weight excluding hydrogens is 176 g/mol. The average Bonchev–Trinajstić information content (AvgIpc) is 2.26. The molecule has 1 aliphatic rings. The van der Waals surface area contributed by atoms with E-state index >= 15 is 0 Å². The predicted octanol–water partition coefficient (Wildman–Crippen LogP) is 2.52. The second-order valence-electron chi connectivity index (χ2n) is 4.32. The Labute approximate surface area is 87.0 Å². The van der Waals surface area contributed by atoms with Crippen molar-refractivity contribution in [2.24, 2.45) is 5.41 Å². The van der Waals surface area contributed by atoms with Crippen molar-refractivity contribution in [3.63, 3.8) is 0 Å². The predicted molar refractivity (Wildman–Crippen MR) is 58.2 cm³/mol. The van der Waals surface area contributed by atoms with E-state index in [1.54, 1.807) is 7.11 Å². The van der Waals surface area contributed by atoms with Gasteiger partial charge < -0.3 is 9.84 Å². The molecule has 0 spiro atoms. The van der Waals surface area contributed by atoms with Gasteiger partial charge in [-0.25, -0.2) is 0 Å². The minimum absolute atomic E-state index is 0.00502. The third-order valence-corrected chi connectivity index (χ3v) is 3.18. The number of rotatable bonds is 5.